The van der Waals surface area contributed by atoms with E-state index in [0.29, 0.717) is 17.7 Å². The fourth-order valence-electron chi connectivity index (χ4n) is 3.04. The minimum atomic E-state index is -0.0615. The third-order valence-electron chi connectivity index (χ3n) is 4.18. The van der Waals surface area contributed by atoms with Gasteiger partial charge in [-0.15, -0.1) is 10.2 Å². The second-order valence-corrected chi connectivity index (χ2v) is 5.72. The summed E-state index contributed by atoms with van der Waals surface area (Å²) in [6, 6.07) is 11.6. The second-order valence-electron chi connectivity index (χ2n) is 5.72. The van der Waals surface area contributed by atoms with Crippen LogP contribution in [0.1, 0.15) is 15.9 Å². The van der Waals surface area contributed by atoms with Crippen LogP contribution in [-0.2, 0) is 6.54 Å². The van der Waals surface area contributed by atoms with E-state index in [-0.39, 0.29) is 12.5 Å². The molecule has 6 heteroatoms. The lowest BCUT2D eigenvalue weighted by Gasteiger charge is -2.14. The molecule has 0 fully saturated rings. The average molecular weight is 315 g/mol. The van der Waals surface area contributed by atoms with E-state index < -0.39 is 0 Å². The number of aromatic nitrogens is 3. The van der Waals surface area contributed by atoms with E-state index in [4.69, 9.17) is 5.26 Å². The number of carbonyl (C=O) groups excluding carboxylic acids is 1. The number of amides is 1. The van der Waals surface area contributed by atoms with Gasteiger partial charge in [0.05, 0.1) is 12.6 Å². The van der Waals surface area contributed by atoms with E-state index in [1.165, 1.54) is 0 Å². The van der Waals surface area contributed by atoms with Crippen LogP contribution in [-0.4, -0.2) is 31.9 Å². The van der Waals surface area contributed by atoms with Crippen molar-refractivity contribution in [1.82, 2.24) is 19.5 Å². The molecule has 0 bridgehead atoms. The van der Waals surface area contributed by atoms with Crippen LogP contribution in [0.2, 0.25) is 0 Å². The lowest BCUT2D eigenvalue weighted by molar-refractivity contribution is 0.0794. The molecule has 0 unspecified atom stereocenters. The van der Waals surface area contributed by atoms with E-state index in [1.807, 2.05) is 47.0 Å². The molecule has 116 valence electrons. The molecular formula is C18H13N5O. The van der Waals surface area contributed by atoms with Crippen molar-refractivity contribution in [3.05, 3.63) is 66.1 Å². The topological polar surface area (TPSA) is 74.3 Å². The first-order valence-electron chi connectivity index (χ1n) is 7.46. The Morgan fingerprint density at radius 2 is 2.12 bits per heavy atom. The molecule has 1 aliphatic heterocycles. The van der Waals surface area contributed by atoms with E-state index >= 15 is 0 Å². The van der Waals surface area contributed by atoms with Gasteiger partial charge in [0, 0.05) is 23.9 Å². The van der Waals surface area contributed by atoms with Crippen molar-refractivity contribution in [3.63, 3.8) is 0 Å². The summed E-state index contributed by atoms with van der Waals surface area (Å²) < 4.78 is 1.85. The first kappa shape index (κ1) is 14.2. The lowest BCUT2D eigenvalue weighted by atomic mass is 9.98. The predicted molar refractivity (Wildman–Crippen MR) is 87.9 cm³/mol. The maximum atomic E-state index is 12.6. The maximum absolute atomic E-state index is 12.6. The minimum absolute atomic E-state index is 0.0615. The van der Waals surface area contributed by atoms with Crippen LogP contribution in [0, 0.1) is 11.3 Å². The van der Waals surface area contributed by atoms with E-state index in [1.54, 1.807) is 11.2 Å². The molecule has 0 radical (unpaired) electrons. The molecule has 0 atom stereocenters. The highest BCUT2D eigenvalue weighted by Crippen LogP contribution is 2.33. The molecule has 0 saturated heterocycles. The Labute approximate surface area is 138 Å². The van der Waals surface area contributed by atoms with Crippen LogP contribution in [0.5, 0.6) is 0 Å². The van der Waals surface area contributed by atoms with Gasteiger partial charge in [-0.1, -0.05) is 18.7 Å². The largest absolute Gasteiger partial charge is 0.329 e. The first-order chi connectivity index (χ1) is 11.7. The van der Waals surface area contributed by atoms with Gasteiger partial charge in [-0.25, -0.2) is 0 Å². The van der Waals surface area contributed by atoms with Gasteiger partial charge >= 0.3 is 0 Å². The summed E-state index contributed by atoms with van der Waals surface area (Å²) in [6.07, 6.45) is 3.60. The molecule has 3 heterocycles. The Morgan fingerprint density at radius 3 is 2.96 bits per heavy atom. The molecule has 4 rings (SSSR count). The smallest absolute Gasteiger partial charge is 0.254 e. The highest BCUT2D eigenvalue weighted by molar-refractivity contribution is 6.00. The summed E-state index contributed by atoms with van der Waals surface area (Å²) in [5.74, 6) is -0.0615. The highest BCUT2D eigenvalue weighted by atomic mass is 16.2. The van der Waals surface area contributed by atoms with E-state index in [2.05, 4.69) is 16.8 Å². The molecular weight excluding hydrogens is 302 g/mol. The third kappa shape index (κ3) is 2.15. The van der Waals surface area contributed by atoms with Gasteiger partial charge in [-0.2, -0.15) is 5.26 Å². The zero-order chi connectivity index (χ0) is 16.7. The van der Waals surface area contributed by atoms with Gasteiger partial charge in [-0.3, -0.25) is 9.20 Å². The molecule has 0 aliphatic carbocycles. The molecule has 6 nitrogen and oxygen atoms in total. The third-order valence-corrected chi connectivity index (χ3v) is 4.18. The number of hydrogen-bond acceptors (Lipinski definition) is 4. The quantitative estimate of drug-likeness (QED) is 0.696. The Hall–Kier alpha value is -3.46. The summed E-state index contributed by atoms with van der Waals surface area (Å²) >= 11 is 0. The van der Waals surface area contributed by atoms with Crippen LogP contribution in [0.3, 0.4) is 0 Å². The van der Waals surface area contributed by atoms with Crippen molar-refractivity contribution in [2.45, 2.75) is 6.54 Å². The maximum Gasteiger partial charge on any atom is 0.254 e. The Balaban J connectivity index is 1.77. The predicted octanol–water partition coefficient (Wildman–Crippen LogP) is 2.43. The van der Waals surface area contributed by atoms with Crippen LogP contribution in [0.15, 0.2) is 55.0 Å². The summed E-state index contributed by atoms with van der Waals surface area (Å²) in [6.45, 7) is 4.41. The van der Waals surface area contributed by atoms with Crippen molar-refractivity contribution in [3.8, 4) is 17.2 Å². The van der Waals surface area contributed by atoms with Crippen LogP contribution in [0.25, 0.3) is 16.8 Å². The van der Waals surface area contributed by atoms with Crippen molar-refractivity contribution < 1.29 is 4.79 Å². The van der Waals surface area contributed by atoms with Crippen LogP contribution in [0.4, 0.5) is 0 Å². The van der Waals surface area contributed by atoms with Crippen molar-refractivity contribution in [1.29, 1.82) is 5.26 Å². The zero-order valence-corrected chi connectivity index (χ0v) is 12.8. The molecule has 0 N–H and O–H groups in total. The summed E-state index contributed by atoms with van der Waals surface area (Å²) in [5, 5.41) is 16.8. The van der Waals surface area contributed by atoms with Crippen LogP contribution >= 0.6 is 0 Å². The van der Waals surface area contributed by atoms with Gasteiger partial charge in [0.25, 0.3) is 5.91 Å². The van der Waals surface area contributed by atoms with Crippen molar-refractivity contribution >= 4 is 11.6 Å². The van der Waals surface area contributed by atoms with Crippen molar-refractivity contribution in [2.75, 3.05) is 6.54 Å². The summed E-state index contributed by atoms with van der Waals surface area (Å²) in [7, 11) is 0. The SMILES string of the molecule is C=C(C#N)CN1Cc2c(cccc2-c2ccc3nncn3c2)C1=O. The highest BCUT2D eigenvalue weighted by Gasteiger charge is 2.29. The number of nitrogens with zero attached hydrogens (tertiary/aromatic N) is 5. The monoisotopic (exact) mass is 315 g/mol. The number of carbonyl (C=O) groups is 1. The summed E-state index contributed by atoms with van der Waals surface area (Å²) in [5.41, 5.74) is 4.80. The van der Waals surface area contributed by atoms with Gasteiger partial charge in [0.2, 0.25) is 0 Å². The molecule has 0 saturated carbocycles. The first-order valence-corrected chi connectivity index (χ1v) is 7.46. The molecule has 1 amide bonds. The molecule has 2 aromatic heterocycles. The molecule has 1 aromatic carbocycles. The number of benzene rings is 1. The van der Waals surface area contributed by atoms with Gasteiger partial charge in [-0.05, 0) is 34.9 Å². The Kier molecular flexibility index (Phi) is 3.14. The van der Waals surface area contributed by atoms with E-state index in [9.17, 15) is 4.79 Å². The molecule has 3 aromatic rings. The lowest BCUT2D eigenvalue weighted by Crippen LogP contribution is -2.25. The van der Waals surface area contributed by atoms with Gasteiger partial charge in [0.1, 0.15) is 6.33 Å². The Bertz CT molecular complexity index is 1030. The van der Waals surface area contributed by atoms with Crippen LogP contribution < -0.4 is 0 Å². The standard InChI is InChI=1S/C18H13N5O/c1-12(7-19)8-22-10-16-14(3-2-4-15(16)18(22)24)13-5-6-17-21-20-11-23(17)9-13/h2-6,9,11H,1,8,10H2. The number of fused-ring (bicyclic) bond motifs is 2. The second kappa shape index (κ2) is 5.32. The zero-order valence-electron chi connectivity index (χ0n) is 12.8. The number of rotatable bonds is 3. The molecule has 1 aliphatic rings. The number of pyridine rings is 1. The fourth-order valence-corrected chi connectivity index (χ4v) is 3.04. The molecule has 24 heavy (non-hydrogen) atoms. The number of nitriles is 1. The van der Waals surface area contributed by atoms with Crippen molar-refractivity contribution in [2.24, 2.45) is 0 Å². The normalized spacial score (nSPS) is 13.1. The molecule has 0 spiro atoms. The fraction of sp³-hybridized carbons (Fsp3) is 0.111. The van der Waals surface area contributed by atoms with Gasteiger partial charge in [0.15, 0.2) is 5.65 Å². The van der Waals surface area contributed by atoms with E-state index in [0.717, 1.165) is 22.3 Å². The minimum Gasteiger partial charge on any atom is -0.329 e. The Morgan fingerprint density at radius 1 is 1.29 bits per heavy atom. The summed E-state index contributed by atoms with van der Waals surface area (Å²) in [4.78, 5) is 14.2. The van der Waals surface area contributed by atoms with Gasteiger partial charge < -0.3 is 4.90 Å². The average Bonchev–Trinajstić information content (AvgIpc) is 3.19. The number of hydrogen-bond donors (Lipinski definition) is 0.